The van der Waals surface area contributed by atoms with E-state index in [0.29, 0.717) is 11.1 Å². The van der Waals surface area contributed by atoms with E-state index in [4.69, 9.17) is 0 Å². The van der Waals surface area contributed by atoms with E-state index in [2.05, 4.69) is 198 Å². The van der Waals surface area contributed by atoms with Crippen molar-refractivity contribution in [2.45, 2.75) is 67.0 Å². The molecule has 8 aromatic carbocycles. The number of nitriles is 2. The van der Waals surface area contributed by atoms with Gasteiger partial charge in [0.05, 0.1) is 39.4 Å². The maximum absolute atomic E-state index is 9.54. The molecule has 0 atom stereocenters. The summed E-state index contributed by atoms with van der Waals surface area (Å²) in [4.78, 5) is 4.61. The van der Waals surface area contributed by atoms with Crippen LogP contribution in [0.1, 0.15) is 44.5 Å². The second kappa shape index (κ2) is 17.3. The molecule has 0 N–H and O–H groups in total. The maximum atomic E-state index is 9.54. The summed E-state index contributed by atoms with van der Waals surface area (Å²) in [5.74, 6) is 0. The van der Waals surface area contributed by atoms with Gasteiger partial charge < -0.3 is 9.80 Å². The average Bonchev–Trinajstić information content (AvgIpc) is 3.27. The molecular weight excluding hydrogens is 809 g/mol. The highest BCUT2D eigenvalue weighted by atomic mass is 28.3. The number of aryl methyl sites for hydroxylation is 4. The van der Waals surface area contributed by atoms with E-state index in [-0.39, 0.29) is 0 Å². The van der Waals surface area contributed by atoms with Gasteiger partial charge in [-0.3, -0.25) is 0 Å². The topological polar surface area (TPSA) is 54.1 Å². The van der Waals surface area contributed by atoms with Crippen molar-refractivity contribution in [3.8, 4) is 12.1 Å². The Labute approximate surface area is 382 Å². The zero-order valence-corrected chi connectivity index (χ0v) is 40.8. The minimum absolute atomic E-state index is 0.647. The van der Waals surface area contributed by atoms with Crippen LogP contribution in [0.4, 0.5) is 34.1 Å². The van der Waals surface area contributed by atoms with Gasteiger partial charge in [-0.15, -0.1) is 0 Å². The van der Waals surface area contributed by atoms with E-state index >= 15 is 0 Å². The van der Waals surface area contributed by atoms with Gasteiger partial charge in [0.25, 0.3) is 0 Å². The summed E-state index contributed by atoms with van der Waals surface area (Å²) >= 11 is 0. The molecule has 0 spiro atoms. The predicted octanol–water partition coefficient (Wildman–Crippen LogP) is 15.2. The van der Waals surface area contributed by atoms with Gasteiger partial charge >= 0.3 is 0 Å². The number of anilines is 6. The average molecular weight is 865 g/mol. The van der Waals surface area contributed by atoms with Crippen LogP contribution in [0.5, 0.6) is 0 Å². The van der Waals surface area contributed by atoms with Crippen LogP contribution in [0.25, 0.3) is 33.7 Å². The number of hydrogen-bond acceptors (Lipinski definition) is 4. The molecule has 0 aliphatic carbocycles. The fourth-order valence-corrected chi connectivity index (χ4v) is 11.1. The predicted molar refractivity (Wildman–Crippen MR) is 281 cm³/mol. The van der Waals surface area contributed by atoms with Crippen molar-refractivity contribution >= 4 is 94.3 Å². The highest BCUT2D eigenvalue weighted by molar-refractivity contribution is 6.89. The Hall–Kier alpha value is -6.97. The van der Waals surface area contributed by atoms with Crippen LogP contribution in [-0.4, -0.2) is 16.1 Å². The third kappa shape index (κ3) is 8.94. The van der Waals surface area contributed by atoms with E-state index < -0.39 is 16.1 Å². The van der Waals surface area contributed by atoms with Crippen LogP contribution in [0.3, 0.4) is 0 Å². The van der Waals surface area contributed by atoms with Gasteiger partial charge in [0.15, 0.2) is 0 Å². The van der Waals surface area contributed by atoms with Crippen LogP contribution in [-0.2, 0) is 0 Å². The lowest BCUT2D eigenvalue weighted by Crippen LogP contribution is -2.37. The van der Waals surface area contributed by atoms with E-state index in [9.17, 15) is 10.5 Å². The van der Waals surface area contributed by atoms with E-state index in [1.165, 1.54) is 54.2 Å². The summed E-state index contributed by atoms with van der Waals surface area (Å²) in [7, 11) is -2.94. The lowest BCUT2D eigenvalue weighted by atomic mass is 9.95. The zero-order valence-electron chi connectivity index (χ0n) is 38.8. The molecule has 6 heteroatoms. The van der Waals surface area contributed by atoms with Crippen molar-refractivity contribution < 1.29 is 0 Å². The quantitative estimate of drug-likeness (QED) is 0.102. The smallest absolute Gasteiger partial charge is 0.0991 e. The Morgan fingerprint density at radius 3 is 0.938 bits per heavy atom. The van der Waals surface area contributed by atoms with Gasteiger partial charge in [-0.25, -0.2) is 0 Å². The number of nitrogens with zero attached hydrogens (tertiary/aromatic N) is 4. The molecule has 316 valence electrons. The number of fused-ring (bicyclic) bond motifs is 2. The maximum Gasteiger partial charge on any atom is 0.0991 e. The largest absolute Gasteiger partial charge is 0.310 e. The van der Waals surface area contributed by atoms with Crippen molar-refractivity contribution in [2.75, 3.05) is 9.80 Å². The first-order valence-electron chi connectivity index (χ1n) is 22.1. The summed E-state index contributed by atoms with van der Waals surface area (Å²) < 4.78 is 0. The van der Waals surface area contributed by atoms with Crippen molar-refractivity contribution in [3.05, 3.63) is 190 Å². The third-order valence-corrected chi connectivity index (χ3v) is 16.6. The van der Waals surface area contributed by atoms with Gasteiger partial charge in [0.2, 0.25) is 0 Å². The van der Waals surface area contributed by atoms with E-state index in [0.717, 1.165) is 45.3 Å². The molecule has 0 aromatic heterocycles. The summed E-state index contributed by atoms with van der Waals surface area (Å²) in [5, 5.41) is 26.8. The minimum atomic E-state index is -1.47. The normalized spacial score (nSPS) is 11.8. The van der Waals surface area contributed by atoms with Crippen molar-refractivity contribution in [2.24, 2.45) is 0 Å². The van der Waals surface area contributed by atoms with Crippen LogP contribution in [0.15, 0.2) is 146 Å². The molecule has 64 heavy (non-hydrogen) atoms. The Morgan fingerprint density at radius 2 is 0.641 bits per heavy atom. The molecule has 0 radical (unpaired) electrons. The Morgan fingerprint density at radius 1 is 0.359 bits per heavy atom. The Kier molecular flexibility index (Phi) is 11.8. The molecule has 0 heterocycles. The van der Waals surface area contributed by atoms with Crippen molar-refractivity contribution in [1.29, 1.82) is 10.5 Å². The van der Waals surface area contributed by atoms with Crippen molar-refractivity contribution in [1.82, 2.24) is 0 Å². The van der Waals surface area contributed by atoms with Gasteiger partial charge in [0, 0.05) is 34.1 Å². The van der Waals surface area contributed by atoms with E-state index in [1.807, 2.05) is 48.5 Å². The molecule has 0 saturated heterocycles. The van der Waals surface area contributed by atoms with Gasteiger partial charge in [-0.1, -0.05) is 98.2 Å². The fraction of sp³-hybridized carbons (Fsp3) is 0.172. The lowest BCUT2D eigenvalue weighted by Gasteiger charge is -2.28. The zero-order chi connectivity index (χ0) is 45.5. The van der Waals surface area contributed by atoms with Gasteiger partial charge in [0.1, 0.15) is 0 Å². The molecule has 0 aliphatic rings. The lowest BCUT2D eigenvalue weighted by molar-refractivity contribution is 1.28. The summed E-state index contributed by atoms with van der Waals surface area (Å²) in [5.41, 5.74) is 14.9. The molecule has 0 fully saturated rings. The Bertz CT molecular complexity index is 2940. The first kappa shape index (κ1) is 43.7. The molecule has 0 unspecified atom stereocenters. The molecule has 0 aliphatic heterocycles. The molecule has 4 nitrogen and oxygen atoms in total. The standard InChI is InChI=1S/C58H56N4Si2/c1-39-29-45(33-55-41(3)31-51(35-57(39)55)61(47-17-13-43(37-59)14-18-47)49-21-25-53(26-22-49)63(5,6)7)11-12-46-30-40(2)58-36-52(32-42(4)56(58)34-46)62(48-19-15-44(38-60)16-20-48)50-23-27-54(28-24-50)64(8,9)10/h11-36H,1-10H3/b12-11+. The molecule has 0 saturated carbocycles. The van der Waals surface area contributed by atoms with Crippen LogP contribution < -0.4 is 20.2 Å². The molecule has 0 amide bonds. The van der Waals surface area contributed by atoms with Gasteiger partial charge in [-0.2, -0.15) is 10.5 Å². The second-order valence-corrected chi connectivity index (χ2v) is 29.5. The van der Waals surface area contributed by atoms with Gasteiger partial charge in [-0.05, 0) is 192 Å². The highest BCUT2D eigenvalue weighted by Gasteiger charge is 2.21. The molecule has 8 rings (SSSR count). The molecule has 8 aromatic rings. The second-order valence-electron chi connectivity index (χ2n) is 19.3. The van der Waals surface area contributed by atoms with Crippen molar-refractivity contribution in [3.63, 3.8) is 0 Å². The van der Waals surface area contributed by atoms with E-state index in [1.54, 1.807) is 0 Å². The van der Waals surface area contributed by atoms with Crippen LogP contribution in [0.2, 0.25) is 39.3 Å². The molecule has 0 bridgehead atoms. The highest BCUT2D eigenvalue weighted by Crippen LogP contribution is 2.40. The fourth-order valence-electron chi connectivity index (χ4n) is 8.80. The Balaban J connectivity index is 1.13. The number of rotatable bonds is 10. The number of hydrogen-bond donors (Lipinski definition) is 0. The summed E-state index contributed by atoms with van der Waals surface area (Å²) in [6.45, 7) is 23.1. The minimum Gasteiger partial charge on any atom is -0.310 e. The first-order chi connectivity index (χ1) is 30.5. The summed E-state index contributed by atoms with van der Waals surface area (Å²) in [6.07, 6.45) is 4.48. The monoisotopic (exact) mass is 864 g/mol. The van der Waals surface area contributed by atoms with Crippen LogP contribution in [0, 0.1) is 50.4 Å². The number of benzene rings is 8. The molecular formula is C58H56N4Si2. The van der Waals surface area contributed by atoms with Crippen LogP contribution >= 0.6 is 0 Å². The SMILES string of the molecule is Cc1cc(N(c2ccc(C#N)cc2)c2ccc([Si](C)(C)C)cc2)cc2c(C)cc(/C=C/c3cc(C)c4cc(N(c5ccc(C#N)cc5)c5ccc([Si](C)(C)C)cc5)cc(C)c4c3)cc12. The summed E-state index contributed by atoms with van der Waals surface area (Å²) in [6, 6.07) is 56.8. The first-order valence-corrected chi connectivity index (χ1v) is 29.1. The third-order valence-electron chi connectivity index (χ3n) is 12.5.